The van der Waals surface area contributed by atoms with Gasteiger partial charge in [-0.2, -0.15) is 0 Å². The molecule has 0 unspecified atom stereocenters. The van der Waals surface area contributed by atoms with Crippen LogP contribution < -0.4 is 5.32 Å². The molecule has 7 heteroatoms. The van der Waals surface area contributed by atoms with Crippen molar-refractivity contribution in [3.63, 3.8) is 0 Å². The summed E-state index contributed by atoms with van der Waals surface area (Å²) in [5, 5.41) is 3.67. The van der Waals surface area contributed by atoms with Crippen LogP contribution in [0.4, 0.5) is 0 Å². The standard InChI is InChI=1S/C22H24ClN3O3/c1-2-26-18-9-12-29-20(18)13-19(26)22(28)25-10-7-16(8-11-25)21(27)24-14-15-3-5-17(23)6-4-15/h3-6,9,12-13,16H,2,7-8,10-11,14H2,1H3,(H,24,27). The van der Waals surface area contributed by atoms with Crippen molar-refractivity contribution in [2.45, 2.75) is 32.9 Å². The minimum absolute atomic E-state index is 0.00160. The van der Waals surface area contributed by atoms with Crippen LogP contribution in [-0.2, 0) is 17.9 Å². The molecule has 0 aliphatic carbocycles. The molecule has 152 valence electrons. The summed E-state index contributed by atoms with van der Waals surface area (Å²) in [6, 6.07) is 11.1. The summed E-state index contributed by atoms with van der Waals surface area (Å²) in [5.41, 5.74) is 3.33. The Bertz CT molecular complexity index is 1010. The van der Waals surface area contributed by atoms with Gasteiger partial charge in [-0.15, -0.1) is 0 Å². The number of furan rings is 1. The second-order valence-electron chi connectivity index (χ2n) is 7.35. The van der Waals surface area contributed by atoms with Crippen molar-refractivity contribution >= 4 is 34.5 Å². The number of hydrogen-bond donors (Lipinski definition) is 1. The first-order valence-electron chi connectivity index (χ1n) is 9.95. The van der Waals surface area contributed by atoms with E-state index in [0.717, 1.165) is 16.7 Å². The fourth-order valence-corrected chi connectivity index (χ4v) is 4.06. The first-order valence-corrected chi connectivity index (χ1v) is 10.3. The van der Waals surface area contributed by atoms with Crippen LogP contribution in [0.15, 0.2) is 47.1 Å². The molecule has 1 aromatic carbocycles. The van der Waals surface area contributed by atoms with Gasteiger partial charge in [-0.05, 0) is 37.5 Å². The van der Waals surface area contributed by atoms with Gasteiger partial charge in [0.15, 0.2) is 5.58 Å². The number of halogens is 1. The second kappa shape index (κ2) is 8.33. The number of rotatable bonds is 5. The molecule has 2 aromatic heterocycles. The van der Waals surface area contributed by atoms with Crippen LogP contribution in [0.2, 0.25) is 5.02 Å². The Morgan fingerprint density at radius 2 is 1.90 bits per heavy atom. The molecular formula is C22H24ClN3O3. The van der Waals surface area contributed by atoms with E-state index in [9.17, 15) is 9.59 Å². The van der Waals surface area contributed by atoms with E-state index in [1.165, 1.54) is 0 Å². The molecule has 0 saturated carbocycles. The molecule has 1 N–H and O–H groups in total. The number of likely N-dealkylation sites (tertiary alicyclic amines) is 1. The average Bonchev–Trinajstić information content (AvgIpc) is 3.34. The maximum atomic E-state index is 13.0. The number of aromatic nitrogens is 1. The van der Waals surface area contributed by atoms with Gasteiger partial charge in [-0.25, -0.2) is 0 Å². The zero-order valence-corrected chi connectivity index (χ0v) is 17.1. The number of carbonyl (C=O) groups is 2. The van der Waals surface area contributed by atoms with Crippen molar-refractivity contribution in [1.29, 1.82) is 0 Å². The Morgan fingerprint density at radius 3 is 2.59 bits per heavy atom. The predicted octanol–water partition coefficient (Wildman–Crippen LogP) is 4.08. The van der Waals surface area contributed by atoms with Gasteiger partial charge in [0.25, 0.3) is 5.91 Å². The predicted molar refractivity (Wildman–Crippen MR) is 112 cm³/mol. The van der Waals surface area contributed by atoms with Gasteiger partial charge in [-0.3, -0.25) is 9.59 Å². The van der Waals surface area contributed by atoms with Crippen LogP contribution in [0.25, 0.3) is 11.1 Å². The smallest absolute Gasteiger partial charge is 0.270 e. The SMILES string of the molecule is CCn1c(C(=O)N2CCC(C(=O)NCc3ccc(Cl)cc3)CC2)cc2occc21. The number of fused-ring (bicyclic) bond motifs is 1. The maximum absolute atomic E-state index is 13.0. The van der Waals surface area contributed by atoms with Crippen molar-refractivity contribution in [3.8, 4) is 0 Å². The van der Waals surface area contributed by atoms with Crippen molar-refractivity contribution in [2.75, 3.05) is 13.1 Å². The highest BCUT2D eigenvalue weighted by Gasteiger charge is 2.29. The topological polar surface area (TPSA) is 67.5 Å². The number of carbonyl (C=O) groups excluding carboxylic acids is 2. The molecule has 6 nitrogen and oxygen atoms in total. The van der Waals surface area contributed by atoms with E-state index in [1.54, 1.807) is 6.26 Å². The molecule has 0 radical (unpaired) electrons. The van der Waals surface area contributed by atoms with Crippen molar-refractivity contribution in [3.05, 3.63) is 58.9 Å². The fourth-order valence-electron chi connectivity index (χ4n) is 3.94. The van der Waals surface area contributed by atoms with Crippen LogP contribution in [0.1, 0.15) is 35.8 Å². The molecule has 0 atom stereocenters. The summed E-state index contributed by atoms with van der Waals surface area (Å²) in [6.07, 6.45) is 2.97. The Balaban J connectivity index is 1.33. The molecule has 1 saturated heterocycles. The molecule has 2 amide bonds. The minimum Gasteiger partial charge on any atom is -0.463 e. The van der Waals surface area contributed by atoms with Crippen LogP contribution in [-0.4, -0.2) is 34.4 Å². The van der Waals surface area contributed by atoms with Crippen LogP contribution in [0, 0.1) is 5.92 Å². The zero-order chi connectivity index (χ0) is 20.4. The highest BCUT2D eigenvalue weighted by molar-refractivity contribution is 6.30. The molecule has 3 aromatic rings. The Morgan fingerprint density at radius 1 is 1.17 bits per heavy atom. The van der Waals surface area contributed by atoms with Crippen molar-refractivity contribution < 1.29 is 14.0 Å². The first-order chi connectivity index (χ1) is 14.1. The largest absolute Gasteiger partial charge is 0.463 e. The van der Waals surface area contributed by atoms with Gasteiger partial charge in [0.05, 0.1) is 11.8 Å². The minimum atomic E-state index is -0.0689. The summed E-state index contributed by atoms with van der Waals surface area (Å²) < 4.78 is 7.42. The molecule has 3 heterocycles. The summed E-state index contributed by atoms with van der Waals surface area (Å²) in [6.45, 7) is 4.36. The van der Waals surface area contributed by atoms with Gasteiger partial charge < -0.3 is 19.2 Å². The van der Waals surface area contributed by atoms with E-state index >= 15 is 0 Å². The lowest BCUT2D eigenvalue weighted by Gasteiger charge is -2.31. The monoisotopic (exact) mass is 413 g/mol. The van der Waals surface area contributed by atoms with Gasteiger partial charge in [0.2, 0.25) is 5.91 Å². The zero-order valence-electron chi connectivity index (χ0n) is 16.4. The van der Waals surface area contributed by atoms with Gasteiger partial charge in [0, 0.05) is 49.3 Å². The molecule has 1 aliphatic rings. The molecular weight excluding hydrogens is 390 g/mol. The van der Waals surface area contributed by atoms with Crippen LogP contribution in [0.5, 0.6) is 0 Å². The quantitative estimate of drug-likeness (QED) is 0.685. The lowest BCUT2D eigenvalue weighted by molar-refractivity contribution is -0.126. The van der Waals surface area contributed by atoms with Crippen molar-refractivity contribution in [1.82, 2.24) is 14.8 Å². The Labute approximate surface area is 174 Å². The number of piperidine rings is 1. The molecule has 29 heavy (non-hydrogen) atoms. The molecule has 1 fully saturated rings. The first kappa shape index (κ1) is 19.6. The van der Waals surface area contributed by atoms with E-state index in [-0.39, 0.29) is 17.7 Å². The number of benzene rings is 1. The summed E-state index contributed by atoms with van der Waals surface area (Å²) in [4.78, 5) is 27.4. The molecule has 0 spiro atoms. The third-order valence-corrected chi connectivity index (χ3v) is 5.84. The molecule has 0 bridgehead atoms. The molecule has 1 aliphatic heterocycles. The second-order valence-corrected chi connectivity index (χ2v) is 7.79. The number of nitrogens with one attached hydrogen (secondary N) is 1. The van der Waals surface area contributed by atoms with Crippen LogP contribution in [0.3, 0.4) is 0 Å². The summed E-state index contributed by atoms with van der Waals surface area (Å²) >= 11 is 5.89. The van der Waals surface area contributed by atoms with E-state index in [2.05, 4.69) is 5.32 Å². The lowest BCUT2D eigenvalue weighted by atomic mass is 9.95. The normalized spacial score (nSPS) is 15.0. The fraction of sp³-hybridized carbons (Fsp3) is 0.364. The van der Waals surface area contributed by atoms with Crippen molar-refractivity contribution in [2.24, 2.45) is 5.92 Å². The Kier molecular flexibility index (Phi) is 5.62. The summed E-state index contributed by atoms with van der Waals surface area (Å²) in [7, 11) is 0. The summed E-state index contributed by atoms with van der Waals surface area (Å²) in [5.74, 6) is -0.0275. The Hall–Kier alpha value is -2.73. The average molecular weight is 414 g/mol. The van der Waals surface area contributed by atoms with Gasteiger partial charge >= 0.3 is 0 Å². The van der Waals surface area contributed by atoms with Gasteiger partial charge in [0.1, 0.15) is 5.69 Å². The highest BCUT2D eigenvalue weighted by Crippen LogP contribution is 2.25. The van der Waals surface area contributed by atoms with E-state index in [1.807, 2.05) is 52.8 Å². The number of aryl methyl sites for hydroxylation is 1. The van der Waals surface area contributed by atoms with E-state index in [4.69, 9.17) is 16.0 Å². The maximum Gasteiger partial charge on any atom is 0.270 e. The third kappa shape index (κ3) is 4.03. The molecule has 4 rings (SSSR count). The number of amides is 2. The highest BCUT2D eigenvalue weighted by atomic mass is 35.5. The van der Waals surface area contributed by atoms with Gasteiger partial charge in [-0.1, -0.05) is 23.7 Å². The third-order valence-electron chi connectivity index (χ3n) is 5.59. The number of nitrogens with zero attached hydrogens (tertiary/aromatic N) is 2. The van der Waals surface area contributed by atoms with E-state index in [0.29, 0.717) is 49.7 Å². The lowest BCUT2D eigenvalue weighted by Crippen LogP contribution is -2.43. The number of hydrogen-bond acceptors (Lipinski definition) is 3. The van der Waals surface area contributed by atoms with Crippen LogP contribution >= 0.6 is 11.6 Å². The van der Waals surface area contributed by atoms with E-state index < -0.39 is 0 Å².